The van der Waals surface area contributed by atoms with E-state index in [0.717, 1.165) is 31.2 Å². The number of ether oxygens (including phenoxy) is 2. The van der Waals surface area contributed by atoms with Gasteiger partial charge in [0.1, 0.15) is 18.3 Å². The molecule has 0 bridgehead atoms. The fourth-order valence-electron chi connectivity index (χ4n) is 3.65. The van der Waals surface area contributed by atoms with Gasteiger partial charge in [-0.05, 0) is 30.4 Å². The molecule has 2 saturated heterocycles. The lowest BCUT2D eigenvalue weighted by atomic mass is 9.88. The average molecular weight is 325 g/mol. The third-order valence-electron chi connectivity index (χ3n) is 5.14. The van der Waals surface area contributed by atoms with E-state index in [4.69, 9.17) is 9.47 Å². The Morgan fingerprint density at radius 3 is 2.92 bits per heavy atom. The Hall–Kier alpha value is -2.07. The molecule has 2 heterocycles. The summed E-state index contributed by atoms with van der Waals surface area (Å²) in [5, 5.41) is 0. The first-order valence-electron chi connectivity index (χ1n) is 8.74. The van der Waals surface area contributed by atoms with Crippen molar-refractivity contribution in [2.45, 2.75) is 44.0 Å². The summed E-state index contributed by atoms with van der Waals surface area (Å²) in [5.41, 5.74) is 2.35. The summed E-state index contributed by atoms with van der Waals surface area (Å²) in [6, 6.07) is 9.78. The molecule has 126 valence electrons. The zero-order valence-corrected chi connectivity index (χ0v) is 13.8. The minimum Gasteiger partial charge on any atom is -0.445 e. The summed E-state index contributed by atoms with van der Waals surface area (Å²) in [6.07, 6.45) is 10.8. The first kappa shape index (κ1) is 15.5. The number of hydrogen-bond donors (Lipinski definition) is 0. The van der Waals surface area contributed by atoms with E-state index in [1.165, 1.54) is 5.57 Å². The number of likely N-dealkylation sites (tertiary alicyclic amines) is 1. The normalized spacial score (nSPS) is 28.1. The van der Waals surface area contributed by atoms with Gasteiger partial charge in [-0.15, -0.1) is 0 Å². The van der Waals surface area contributed by atoms with Crippen molar-refractivity contribution in [3.05, 3.63) is 59.7 Å². The van der Waals surface area contributed by atoms with Crippen LogP contribution in [0, 0.1) is 0 Å². The molecule has 2 aliphatic heterocycles. The third-order valence-corrected chi connectivity index (χ3v) is 5.14. The number of piperidine rings is 1. The van der Waals surface area contributed by atoms with Crippen molar-refractivity contribution in [2.24, 2.45) is 0 Å². The SMILES string of the molecule is O=C(OCc1ccccc1)N1CCC2(CC3=CCCC=C3)OC2C1. The number of allylic oxidation sites excluding steroid dienone is 3. The van der Waals surface area contributed by atoms with Gasteiger partial charge in [0.05, 0.1) is 6.54 Å². The number of nitrogens with zero attached hydrogens (tertiary/aromatic N) is 1. The lowest BCUT2D eigenvalue weighted by Gasteiger charge is -2.28. The van der Waals surface area contributed by atoms with E-state index in [-0.39, 0.29) is 17.8 Å². The van der Waals surface area contributed by atoms with Crippen LogP contribution in [0.5, 0.6) is 0 Å². The van der Waals surface area contributed by atoms with Crippen molar-refractivity contribution < 1.29 is 14.3 Å². The molecule has 1 aliphatic carbocycles. The minimum absolute atomic E-state index is 0.0380. The molecule has 1 aromatic carbocycles. The van der Waals surface area contributed by atoms with Gasteiger partial charge in [-0.3, -0.25) is 0 Å². The molecule has 1 amide bonds. The number of carbonyl (C=O) groups excluding carboxylic acids is 1. The van der Waals surface area contributed by atoms with Crippen molar-refractivity contribution in [2.75, 3.05) is 13.1 Å². The molecule has 0 saturated carbocycles. The Balaban J connectivity index is 1.28. The van der Waals surface area contributed by atoms with E-state index < -0.39 is 0 Å². The first-order chi connectivity index (χ1) is 11.8. The maximum atomic E-state index is 12.3. The minimum atomic E-state index is -0.236. The molecule has 4 rings (SSSR count). The molecule has 2 fully saturated rings. The monoisotopic (exact) mass is 325 g/mol. The van der Waals surface area contributed by atoms with Gasteiger partial charge >= 0.3 is 6.09 Å². The fraction of sp³-hybridized carbons (Fsp3) is 0.450. The predicted molar refractivity (Wildman–Crippen MR) is 91.5 cm³/mol. The van der Waals surface area contributed by atoms with Gasteiger partial charge < -0.3 is 14.4 Å². The zero-order chi connectivity index (χ0) is 16.4. The number of fused-ring (bicyclic) bond motifs is 1. The Bertz CT molecular complexity index is 667. The van der Waals surface area contributed by atoms with E-state index in [0.29, 0.717) is 19.7 Å². The Labute approximate surface area is 142 Å². The smallest absolute Gasteiger partial charge is 0.410 e. The van der Waals surface area contributed by atoms with Crippen LogP contribution >= 0.6 is 0 Å². The third kappa shape index (κ3) is 3.24. The van der Waals surface area contributed by atoms with Gasteiger partial charge in [0.2, 0.25) is 0 Å². The standard InChI is InChI=1S/C20H23NO3/c22-19(23-15-17-9-5-2-6-10-17)21-12-11-20(18(14-21)24-20)13-16-7-3-1-4-8-16/h2-3,5-10,18H,1,4,11-15H2. The molecule has 0 N–H and O–H groups in total. The van der Waals surface area contributed by atoms with Crippen molar-refractivity contribution in [1.29, 1.82) is 0 Å². The maximum Gasteiger partial charge on any atom is 0.410 e. The Morgan fingerprint density at radius 2 is 2.17 bits per heavy atom. The van der Waals surface area contributed by atoms with Gasteiger partial charge in [-0.25, -0.2) is 4.79 Å². The van der Waals surface area contributed by atoms with Crippen LogP contribution in [0.15, 0.2) is 54.1 Å². The molecule has 0 spiro atoms. The first-order valence-corrected chi connectivity index (χ1v) is 8.74. The van der Waals surface area contributed by atoms with E-state index in [9.17, 15) is 4.79 Å². The molecular weight excluding hydrogens is 302 g/mol. The zero-order valence-electron chi connectivity index (χ0n) is 13.8. The molecule has 4 heteroatoms. The van der Waals surface area contributed by atoms with Crippen LogP contribution < -0.4 is 0 Å². The number of epoxide rings is 1. The molecule has 3 aliphatic rings. The van der Waals surface area contributed by atoms with Crippen LogP contribution in [0.2, 0.25) is 0 Å². The highest BCUT2D eigenvalue weighted by atomic mass is 16.6. The molecule has 1 aromatic rings. The van der Waals surface area contributed by atoms with Crippen LogP contribution in [0.25, 0.3) is 0 Å². The van der Waals surface area contributed by atoms with Crippen molar-refractivity contribution in [3.63, 3.8) is 0 Å². The number of benzene rings is 1. The number of hydrogen-bond acceptors (Lipinski definition) is 3. The van der Waals surface area contributed by atoms with E-state index in [1.54, 1.807) is 4.90 Å². The maximum absolute atomic E-state index is 12.3. The van der Waals surface area contributed by atoms with Crippen LogP contribution in [0.1, 0.15) is 31.2 Å². The van der Waals surface area contributed by atoms with Crippen molar-refractivity contribution in [1.82, 2.24) is 4.90 Å². The predicted octanol–water partition coefficient (Wildman–Crippen LogP) is 3.83. The van der Waals surface area contributed by atoms with Crippen LogP contribution in [0.4, 0.5) is 4.79 Å². The molecule has 2 unspecified atom stereocenters. The fourth-order valence-corrected chi connectivity index (χ4v) is 3.65. The molecular formula is C20H23NO3. The van der Waals surface area contributed by atoms with Crippen LogP contribution in [0.3, 0.4) is 0 Å². The number of amides is 1. The van der Waals surface area contributed by atoms with Crippen LogP contribution in [-0.4, -0.2) is 35.8 Å². The quantitative estimate of drug-likeness (QED) is 0.790. The molecule has 2 atom stereocenters. The van der Waals surface area contributed by atoms with Gasteiger partial charge in [0, 0.05) is 13.0 Å². The highest BCUT2D eigenvalue weighted by Crippen LogP contribution is 2.48. The van der Waals surface area contributed by atoms with Crippen LogP contribution in [-0.2, 0) is 16.1 Å². The topological polar surface area (TPSA) is 42.1 Å². The Kier molecular flexibility index (Phi) is 4.15. The summed E-state index contributed by atoms with van der Waals surface area (Å²) < 4.78 is 11.4. The van der Waals surface area contributed by atoms with Crippen molar-refractivity contribution in [3.8, 4) is 0 Å². The summed E-state index contributed by atoms with van der Waals surface area (Å²) in [6.45, 7) is 1.68. The molecule has 0 aromatic heterocycles. The summed E-state index contributed by atoms with van der Waals surface area (Å²) >= 11 is 0. The van der Waals surface area contributed by atoms with E-state index >= 15 is 0 Å². The molecule has 4 nitrogen and oxygen atoms in total. The highest BCUT2D eigenvalue weighted by Gasteiger charge is 2.59. The lowest BCUT2D eigenvalue weighted by Crippen LogP contribution is -2.43. The van der Waals surface area contributed by atoms with Crippen molar-refractivity contribution >= 4 is 6.09 Å². The second-order valence-corrected chi connectivity index (χ2v) is 6.84. The summed E-state index contributed by atoms with van der Waals surface area (Å²) in [4.78, 5) is 14.0. The van der Waals surface area contributed by atoms with Gasteiger partial charge in [0.25, 0.3) is 0 Å². The Morgan fingerprint density at radius 1 is 1.29 bits per heavy atom. The second-order valence-electron chi connectivity index (χ2n) is 6.84. The van der Waals surface area contributed by atoms with E-state index in [1.807, 2.05) is 30.3 Å². The van der Waals surface area contributed by atoms with Gasteiger partial charge in [-0.1, -0.05) is 48.6 Å². The summed E-state index contributed by atoms with van der Waals surface area (Å²) in [5.74, 6) is 0. The summed E-state index contributed by atoms with van der Waals surface area (Å²) in [7, 11) is 0. The molecule has 24 heavy (non-hydrogen) atoms. The molecule has 0 radical (unpaired) electrons. The van der Waals surface area contributed by atoms with Gasteiger partial charge in [-0.2, -0.15) is 0 Å². The number of rotatable bonds is 4. The average Bonchev–Trinajstić information content (AvgIpc) is 3.34. The largest absolute Gasteiger partial charge is 0.445 e. The van der Waals surface area contributed by atoms with Gasteiger partial charge in [0.15, 0.2) is 0 Å². The lowest BCUT2D eigenvalue weighted by molar-refractivity contribution is 0.0897. The number of carbonyl (C=O) groups is 1. The highest BCUT2D eigenvalue weighted by molar-refractivity contribution is 5.68. The van der Waals surface area contributed by atoms with E-state index in [2.05, 4.69) is 18.2 Å². The second kappa shape index (κ2) is 6.44.